The molecule has 2 N–H and O–H groups in total. The van der Waals surface area contributed by atoms with Crippen molar-refractivity contribution in [3.63, 3.8) is 0 Å². The fourth-order valence-corrected chi connectivity index (χ4v) is 2.39. The molecule has 0 aliphatic carbocycles. The standard InChI is InChI=1S/C15H34N2O/c1-7-8-15(5,11-16-9-13(2)3)12-17(6)14(4)10-18/h13-14,16,18H,7-12H2,1-6H3. The van der Waals surface area contributed by atoms with Crippen LogP contribution < -0.4 is 5.32 Å². The van der Waals surface area contributed by atoms with E-state index < -0.39 is 0 Å². The van der Waals surface area contributed by atoms with Gasteiger partial charge in [0.15, 0.2) is 0 Å². The van der Waals surface area contributed by atoms with E-state index in [9.17, 15) is 5.11 Å². The maximum Gasteiger partial charge on any atom is 0.0584 e. The van der Waals surface area contributed by atoms with Crippen LogP contribution in [0.5, 0.6) is 0 Å². The largest absolute Gasteiger partial charge is 0.395 e. The fraction of sp³-hybridized carbons (Fsp3) is 1.00. The minimum atomic E-state index is 0.234. The number of hydrogen-bond donors (Lipinski definition) is 2. The first-order chi connectivity index (χ1) is 8.34. The predicted molar refractivity (Wildman–Crippen MR) is 79.9 cm³/mol. The van der Waals surface area contributed by atoms with E-state index >= 15 is 0 Å². The average Bonchev–Trinajstić information content (AvgIpc) is 2.27. The average molecular weight is 258 g/mol. The molecule has 0 aliphatic rings. The van der Waals surface area contributed by atoms with Gasteiger partial charge in [-0.15, -0.1) is 0 Å². The molecule has 0 aromatic carbocycles. The van der Waals surface area contributed by atoms with Crippen LogP contribution in [-0.4, -0.2) is 49.3 Å². The lowest BCUT2D eigenvalue weighted by Gasteiger charge is -2.36. The van der Waals surface area contributed by atoms with Gasteiger partial charge in [0.05, 0.1) is 6.61 Å². The van der Waals surface area contributed by atoms with Gasteiger partial charge in [0, 0.05) is 19.1 Å². The van der Waals surface area contributed by atoms with Crippen molar-refractivity contribution in [2.75, 3.05) is 33.3 Å². The van der Waals surface area contributed by atoms with E-state index in [1.54, 1.807) is 0 Å². The molecule has 3 heteroatoms. The van der Waals surface area contributed by atoms with Crippen molar-refractivity contribution in [1.29, 1.82) is 0 Å². The Labute approximate surface area is 114 Å². The number of nitrogens with zero attached hydrogens (tertiary/aromatic N) is 1. The summed E-state index contributed by atoms with van der Waals surface area (Å²) in [7, 11) is 2.11. The van der Waals surface area contributed by atoms with Crippen molar-refractivity contribution in [1.82, 2.24) is 10.2 Å². The third-order valence-corrected chi connectivity index (χ3v) is 3.61. The highest BCUT2D eigenvalue weighted by Crippen LogP contribution is 2.24. The lowest BCUT2D eigenvalue weighted by Crippen LogP contribution is -2.45. The Morgan fingerprint density at radius 3 is 2.33 bits per heavy atom. The molecule has 0 aromatic rings. The van der Waals surface area contributed by atoms with Crippen molar-refractivity contribution in [3.05, 3.63) is 0 Å². The summed E-state index contributed by atoms with van der Waals surface area (Å²) in [5, 5.41) is 12.8. The molecule has 0 rings (SSSR count). The zero-order valence-electron chi connectivity index (χ0n) is 13.3. The Balaban J connectivity index is 4.31. The first kappa shape index (κ1) is 17.9. The van der Waals surface area contributed by atoms with Gasteiger partial charge in [0.2, 0.25) is 0 Å². The van der Waals surface area contributed by atoms with Crippen LogP contribution in [-0.2, 0) is 0 Å². The number of nitrogens with one attached hydrogen (secondary N) is 1. The van der Waals surface area contributed by atoms with Crippen LogP contribution in [0, 0.1) is 11.3 Å². The number of hydrogen-bond acceptors (Lipinski definition) is 3. The number of rotatable bonds is 10. The third-order valence-electron chi connectivity index (χ3n) is 3.61. The van der Waals surface area contributed by atoms with Crippen molar-refractivity contribution in [2.24, 2.45) is 11.3 Å². The Morgan fingerprint density at radius 1 is 1.28 bits per heavy atom. The molecule has 3 nitrogen and oxygen atoms in total. The van der Waals surface area contributed by atoms with Gasteiger partial charge < -0.3 is 15.3 Å². The molecule has 110 valence electrons. The Hall–Kier alpha value is -0.120. The second kappa shape index (κ2) is 8.89. The van der Waals surface area contributed by atoms with Gasteiger partial charge in [-0.1, -0.05) is 34.1 Å². The zero-order chi connectivity index (χ0) is 14.2. The molecule has 0 aromatic heterocycles. The minimum Gasteiger partial charge on any atom is -0.395 e. The summed E-state index contributed by atoms with van der Waals surface area (Å²) in [6.45, 7) is 14.6. The minimum absolute atomic E-state index is 0.234. The highest BCUT2D eigenvalue weighted by molar-refractivity contribution is 4.81. The molecule has 0 amide bonds. The van der Waals surface area contributed by atoms with Crippen LogP contribution >= 0.6 is 0 Å². The van der Waals surface area contributed by atoms with Crippen molar-refractivity contribution in [2.45, 2.75) is 53.5 Å². The maximum atomic E-state index is 9.22. The fourth-order valence-electron chi connectivity index (χ4n) is 2.39. The topological polar surface area (TPSA) is 35.5 Å². The molecule has 2 atom stereocenters. The SMILES string of the molecule is CCCC(C)(CNCC(C)C)CN(C)C(C)CO. The van der Waals surface area contributed by atoms with Gasteiger partial charge >= 0.3 is 0 Å². The molecule has 0 aliphatic heterocycles. The van der Waals surface area contributed by atoms with Crippen LogP contribution in [0.2, 0.25) is 0 Å². The maximum absolute atomic E-state index is 9.22. The van der Waals surface area contributed by atoms with E-state index in [4.69, 9.17) is 0 Å². The summed E-state index contributed by atoms with van der Waals surface area (Å²) in [5.74, 6) is 0.699. The van der Waals surface area contributed by atoms with Crippen LogP contribution in [0.25, 0.3) is 0 Å². The molecule has 0 fully saturated rings. The predicted octanol–water partition coefficient (Wildman–Crippen LogP) is 2.35. The van der Waals surface area contributed by atoms with E-state index in [1.807, 2.05) is 0 Å². The Kier molecular flexibility index (Phi) is 8.83. The lowest BCUT2D eigenvalue weighted by atomic mass is 9.84. The molecule has 2 unspecified atom stereocenters. The van der Waals surface area contributed by atoms with E-state index in [-0.39, 0.29) is 12.6 Å². The number of aliphatic hydroxyl groups is 1. The van der Waals surface area contributed by atoms with Crippen LogP contribution in [0.15, 0.2) is 0 Å². The molecule has 0 saturated carbocycles. The highest BCUT2D eigenvalue weighted by Gasteiger charge is 2.26. The van der Waals surface area contributed by atoms with Gasteiger partial charge in [-0.25, -0.2) is 0 Å². The molecular formula is C15H34N2O. The summed E-state index contributed by atoms with van der Waals surface area (Å²) in [5.41, 5.74) is 0.293. The van der Waals surface area contributed by atoms with Crippen molar-refractivity contribution >= 4 is 0 Å². The van der Waals surface area contributed by atoms with Crippen molar-refractivity contribution in [3.8, 4) is 0 Å². The van der Waals surface area contributed by atoms with Gasteiger partial charge in [-0.05, 0) is 38.3 Å². The van der Waals surface area contributed by atoms with E-state index in [0.29, 0.717) is 11.3 Å². The van der Waals surface area contributed by atoms with Crippen LogP contribution in [0.1, 0.15) is 47.5 Å². The highest BCUT2D eigenvalue weighted by atomic mass is 16.3. The molecule has 0 spiro atoms. The Bertz CT molecular complexity index is 209. The van der Waals surface area contributed by atoms with E-state index in [1.165, 1.54) is 12.8 Å². The van der Waals surface area contributed by atoms with Gasteiger partial charge in [-0.2, -0.15) is 0 Å². The second-order valence-electron chi connectivity index (χ2n) is 6.53. The quantitative estimate of drug-likeness (QED) is 0.631. The molecule has 18 heavy (non-hydrogen) atoms. The lowest BCUT2D eigenvalue weighted by molar-refractivity contribution is 0.104. The smallest absolute Gasteiger partial charge is 0.0584 e. The normalized spacial score (nSPS) is 17.2. The van der Waals surface area contributed by atoms with E-state index in [2.05, 4.69) is 51.9 Å². The summed E-state index contributed by atoms with van der Waals surface area (Å²) >= 11 is 0. The first-order valence-corrected chi connectivity index (χ1v) is 7.36. The molecule has 0 heterocycles. The Morgan fingerprint density at radius 2 is 1.89 bits per heavy atom. The summed E-state index contributed by atoms with van der Waals surface area (Å²) < 4.78 is 0. The molecule has 0 saturated heterocycles. The van der Waals surface area contributed by atoms with E-state index in [0.717, 1.165) is 19.6 Å². The summed E-state index contributed by atoms with van der Waals surface area (Å²) in [4.78, 5) is 2.27. The first-order valence-electron chi connectivity index (χ1n) is 7.36. The monoisotopic (exact) mass is 258 g/mol. The molecule has 0 bridgehead atoms. The van der Waals surface area contributed by atoms with Crippen LogP contribution in [0.4, 0.5) is 0 Å². The number of aliphatic hydroxyl groups excluding tert-OH is 1. The van der Waals surface area contributed by atoms with Gasteiger partial charge in [0.1, 0.15) is 0 Å². The van der Waals surface area contributed by atoms with Crippen LogP contribution in [0.3, 0.4) is 0 Å². The number of likely N-dealkylation sites (N-methyl/N-ethyl adjacent to an activating group) is 1. The zero-order valence-corrected chi connectivity index (χ0v) is 13.3. The molecular weight excluding hydrogens is 224 g/mol. The molecule has 0 radical (unpaired) electrons. The van der Waals surface area contributed by atoms with Gasteiger partial charge in [0.25, 0.3) is 0 Å². The summed E-state index contributed by atoms with van der Waals surface area (Å²) in [6, 6.07) is 0.242. The summed E-state index contributed by atoms with van der Waals surface area (Å²) in [6.07, 6.45) is 2.43. The van der Waals surface area contributed by atoms with Gasteiger partial charge in [-0.3, -0.25) is 0 Å². The second-order valence-corrected chi connectivity index (χ2v) is 6.53. The third kappa shape index (κ3) is 7.34. The van der Waals surface area contributed by atoms with Crippen molar-refractivity contribution < 1.29 is 5.11 Å².